The number of likely N-dealkylation sites (N-methyl/N-ethyl adjacent to an activating group) is 1. The monoisotopic (exact) mass is 193 g/mol. The van der Waals surface area contributed by atoms with E-state index in [4.69, 9.17) is 0 Å². The quantitative estimate of drug-likeness (QED) is 0.795. The second kappa shape index (κ2) is 4.01. The van der Waals surface area contributed by atoms with Crippen molar-refractivity contribution in [3.8, 4) is 0 Å². The average molecular weight is 193 g/mol. The summed E-state index contributed by atoms with van der Waals surface area (Å²) in [5.74, 6) is 0. The Labute approximate surface area is 86.2 Å². The smallest absolute Gasteiger partial charge is 0.0765 e. The first-order chi connectivity index (χ1) is 6.40. The largest absolute Gasteiger partial charge is 0.389 e. The normalized spacial score (nSPS) is 11.5. The van der Waals surface area contributed by atoms with E-state index in [-0.39, 0.29) is 0 Å². The summed E-state index contributed by atoms with van der Waals surface area (Å²) in [4.78, 5) is 2.08. The summed E-state index contributed by atoms with van der Waals surface area (Å²) in [6.07, 6.45) is 0. The predicted octanol–water partition coefficient (Wildman–Crippen LogP) is 2.20. The summed E-state index contributed by atoms with van der Waals surface area (Å²) in [5, 5.41) is 9.70. The predicted molar refractivity (Wildman–Crippen MR) is 60.7 cm³/mol. The molecule has 0 aliphatic heterocycles. The summed E-state index contributed by atoms with van der Waals surface area (Å²) < 4.78 is 0. The van der Waals surface area contributed by atoms with Crippen molar-refractivity contribution in [2.75, 3.05) is 18.5 Å². The van der Waals surface area contributed by atoms with E-state index in [2.05, 4.69) is 24.0 Å². The zero-order valence-corrected chi connectivity index (χ0v) is 9.41. The maximum Gasteiger partial charge on any atom is 0.0765 e. The second-order valence-corrected chi connectivity index (χ2v) is 4.45. The summed E-state index contributed by atoms with van der Waals surface area (Å²) >= 11 is 0. The van der Waals surface area contributed by atoms with Gasteiger partial charge in [0.1, 0.15) is 0 Å². The molecule has 1 aromatic rings. The molecule has 78 valence electrons. The molecule has 0 radical (unpaired) electrons. The SMILES string of the molecule is Cc1ccccc1N(C)CC(C)(C)O. The zero-order valence-electron chi connectivity index (χ0n) is 9.41. The second-order valence-electron chi connectivity index (χ2n) is 4.45. The molecule has 14 heavy (non-hydrogen) atoms. The topological polar surface area (TPSA) is 23.5 Å². The minimum absolute atomic E-state index is 0.637. The first-order valence-corrected chi connectivity index (χ1v) is 4.89. The van der Waals surface area contributed by atoms with Crippen molar-refractivity contribution in [1.29, 1.82) is 0 Å². The number of anilines is 1. The van der Waals surface area contributed by atoms with E-state index >= 15 is 0 Å². The Morgan fingerprint density at radius 3 is 2.36 bits per heavy atom. The van der Waals surface area contributed by atoms with Gasteiger partial charge in [0.05, 0.1) is 5.60 Å². The van der Waals surface area contributed by atoms with Crippen LogP contribution in [0.4, 0.5) is 5.69 Å². The maximum absolute atomic E-state index is 9.70. The lowest BCUT2D eigenvalue weighted by atomic mass is 10.1. The van der Waals surface area contributed by atoms with Crippen molar-refractivity contribution in [3.63, 3.8) is 0 Å². The Hall–Kier alpha value is -1.02. The van der Waals surface area contributed by atoms with Gasteiger partial charge in [0, 0.05) is 19.3 Å². The molecule has 0 aliphatic carbocycles. The van der Waals surface area contributed by atoms with Crippen LogP contribution in [0.15, 0.2) is 24.3 Å². The van der Waals surface area contributed by atoms with Crippen molar-refractivity contribution in [3.05, 3.63) is 29.8 Å². The van der Waals surface area contributed by atoms with Crippen LogP contribution in [0.25, 0.3) is 0 Å². The van der Waals surface area contributed by atoms with Crippen LogP contribution in [0.3, 0.4) is 0 Å². The van der Waals surface area contributed by atoms with E-state index in [1.165, 1.54) is 11.3 Å². The fourth-order valence-electron chi connectivity index (χ4n) is 1.66. The molecule has 1 N–H and O–H groups in total. The molecule has 0 heterocycles. The number of rotatable bonds is 3. The molecule has 0 aliphatic rings. The molecular weight excluding hydrogens is 174 g/mol. The lowest BCUT2D eigenvalue weighted by Crippen LogP contribution is -2.36. The Bertz CT molecular complexity index is 301. The number of aryl methyl sites for hydroxylation is 1. The fourth-order valence-corrected chi connectivity index (χ4v) is 1.66. The molecule has 0 amide bonds. The van der Waals surface area contributed by atoms with Crippen LogP contribution in [0.1, 0.15) is 19.4 Å². The van der Waals surface area contributed by atoms with Gasteiger partial charge < -0.3 is 10.0 Å². The minimum atomic E-state index is -0.656. The molecule has 0 spiro atoms. The van der Waals surface area contributed by atoms with Gasteiger partial charge in [-0.3, -0.25) is 0 Å². The molecule has 0 aromatic heterocycles. The molecule has 0 bridgehead atoms. The third-order valence-electron chi connectivity index (χ3n) is 2.15. The standard InChI is InChI=1S/C12H19NO/c1-10-7-5-6-8-11(10)13(4)9-12(2,3)14/h5-8,14H,9H2,1-4H3. The summed E-state index contributed by atoms with van der Waals surface area (Å²) in [6, 6.07) is 8.19. The van der Waals surface area contributed by atoms with Crippen LogP contribution in [0.5, 0.6) is 0 Å². The maximum atomic E-state index is 9.70. The van der Waals surface area contributed by atoms with Crippen LogP contribution in [0.2, 0.25) is 0 Å². The Kier molecular flexibility index (Phi) is 3.17. The van der Waals surface area contributed by atoms with Crippen molar-refractivity contribution in [2.45, 2.75) is 26.4 Å². The van der Waals surface area contributed by atoms with Crippen molar-refractivity contribution in [2.24, 2.45) is 0 Å². The number of benzene rings is 1. The number of hydrogen-bond acceptors (Lipinski definition) is 2. The van der Waals surface area contributed by atoms with Crippen molar-refractivity contribution >= 4 is 5.69 Å². The highest BCUT2D eigenvalue weighted by atomic mass is 16.3. The molecule has 0 saturated carbocycles. The van der Waals surface area contributed by atoms with E-state index in [1.54, 1.807) is 0 Å². The number of nitrogens with zero attached hydrogens (tertiary/aromatic N) is 1. The molecular formula is C12H19NO. The van der Waals surface area contributed by atoms with E-state index in [1.807, 2.05) is 33.0 Å². The van der Waals surface area contributed by atoms with Gasteiger partial charge in [-0.25, -0.2) is 0 Å². The Morgan fingerprint density at radius 1 is 1.29 bits per heavy atom. The number of aliphatic hydroxyl groups is 1. The average Bonchev–Trinajstić information content (AvgIpc) is 2.01. The molecule has 0 saturated heterocycles. The number of hydrogen-bond donors (Lipinski definition) is 1. The van der Waals surface area contributed by atoms with Gasteiger partial charge in [-0.15, -0.1) is 0 Å². The lowest BCUT2D eigenvalue weighted by Gasteiger charge is -2.28. The highest BCUT2D eigenvalue weighted by molar-refractivity contribution is 5.52. The Morgan fingerprint density at radius 2 is 1.86 bits per heavy atom. The molecule has 0 fully saturated rings. The molecule has 0 unspecified atom stereocenters. The van der Waals surface area contributed by atoms with Crippen LogP contribution in [-0.4, -0.2) is 24.3 Å². The van der Waals surface area contributed by atoms with E-state index in [0.29, 0.717) is 6.54 Å². The first-order valence-electron chi connectivity index (χ1n) is 4.89. The van der Waals surface area contributed by atoms with Gasteiger partial charge in [0.2, 0.25) is 0 Å². The van der Waals surface area contributed by atoms with Crippen LogP contribution < -0.4 is 4.90 Å². The van der Waals surface area contributed by atoms with Gasteiger partial charge in [-0.1, -0.05) is 18.2 Å². The van der Waals surface area contributed by atoms with Crippen LogP contribution >= 0.6 is 0 Å². The number of para-hydroxylation sites is 1. The van der Waals surface area contributed by atoms with E-state index in [9.17, 15) is 5.11 Å². The molecule has 2 heteroatoms. The fraction of sp³-hybridized carbons (Fsp3) is 0.500. The third kappa shape index (κ3) is 3.04. The molecule has 0 atom stereocenters. The molecule has 1 rings (SSSR count). The van der Waals surface area contributed by atoms with Gasteiger partial charge in [0.25, 0.3) is 0 Å². The van der Waals surface area contributed by atoms with E-state index < -0.39 is 5.60 Å². The van der Waals surface area contributed by atoms with Crippen LogP contribution in [0, 0.1) is 6.92 Å². The summed E-state index contributed by atoms with van der Waals surface area (Å²) in [7, 11) is 2.00. The summed E-state index contributed by atoms with van der Waals surface area (Å²) in [6.45, 7) is 6.36. The zero-order chi connectivity index (χ0) is 10.8. The van der Waals surface area contributed by atoms with Gasteiger partial charge in [-0.05, 0) is 32.4 Å². The van der Waals surface area contributed by atoms with E-state index in [0.717, 1.165) is 0 Å². The minimum Gasteiger partial charge on any atom is -0.389 e. The van der Waals surface area contributed by atoms with Gasteiger partial charge in [0.15, 0.2) is 0 Å². The first kappa shape index (κ1) is 11.1. The van der Waals surface area contributed by atoms with Crippen LogP contribution in [-0.2, 0) is 0 Å². The van der Waals surface area contributed by atoms with Crippen molar-refractivity contribution in [1.82, 2.24) is 0 Å². The summed E-state index contributed by atoms with van der Waals surface area (Å²) in [5.41, 5.74) is 1.76. The van der Waals surface area contributed by atoms with Gasteiger partial charge in [-0.2, -0.15) is 0 Å². The molecule has 1 aromatic carbocycles. The van der Waals surface area contributed by atoms with Gasteiger partial charge >= 0.3 is 0 Å². The Balaban J connectivity index is 2.80. The third-order valence-corrected chi connectivity index (χ3v) is 2.15. The van der Waals surface area contributed by atoms with Crippen molar-refractivity contribution < 1.29 is 5.11 Å². The molecule has 2 nitrogen and oxygen atoms in total. The highest BCUT2D eigenvalue weighted by Crippen LogP contribution is 2.19. The lowest BCUT2D eigenvalue weighted by molar-refractivity contribution is 0.0886. The highest BCUT2D eigenvalue weighted by Gasteiger charge is 2.16.